The molecule has 8 heteroatoms. The summed E-state index contributed by atoms with van der Waals surface area (Å²) in [6.45, 7) is 3.41. The van der Waals surface area contributed by atoms with Crippen molar-refractivity contribution in [3.8, 4) is 11.5 Å². The molecule has 0 unspecified atom stereocenters. The molecule has 2 N–H and O–H groups in total. The molecule has 2 aromatic carbocycles. The molecule has 1 aliphatic rings. The predicted molar refractivity (Wildman–Crippen MR) is 118 cm³/mol. The van der Waals surface area contributed by atoms with E-state index in [1.54, 1.807) is 18.6 Å². The first kappa shape index (κ1) is 18.3. The van der Waals surface area contributed by atoms with Crippen molar-refractivity contribution in [2.45, 2.75) is 0 Å². The van der Waals surface area contributed by atoms with Crippen LogP contribution in [0.2, 0.25) is 0 Å². The molecule has 150 valence electrons. The van der Waals surface area contributed by atoms with E-state index < -0.39 is 0 Å². The van der Waals surface area contributed by atoms with Crippen LogP contribution >= 0.6 is 0 Å². The lowest BCUT2D eigenvalue weighted by molar-refractivity contribution is 0.122. The van der Waals surface area contributed by atoms with Gasteiger partial charge in [-0.2, -0.15) is 5.10 Å². The summed E-state index contributed by atoms with van der Waals surface area (Å²) in [7, 11) is 0. The molecule has 1 fully saturated rings. The number of hydrazone groups is 1. The molecule has 1 saturated heterocycles. The third-order valence-electron chi connectivity index (χ3n) is 5.06. The molecule has 0 saturated carbocycles. The maximum atomic E-state index is 5.41. The van der Waals surface area contributed by atoms with Crippen LogP contribution in [-0.4, -0.2) is 52.7 Å². The van der Waals surface area contributed by atoms with Gasteiger partial charge < -0.3 is 14.6 Å². The number of aromatic nitrogens is 4. The van der Waals surface area contributed by atoms with E-state index in [4.69, 9.17) is 4.74 Å². The SMILES string of the molecule is C(=N\Nc1nnc(-c2ncc[nH]2)c2ccccc12)/c1ccc(N2CCOCC2)cc1. The van der Waals surface area contributed by atoms with Gasteiger partial charge in [0.05, 0.1) is 19.4 Å². The molecule has 5 rings (SSSR count). The Kier molecular flexibility index (Phi) is 5.05. The number of ether oxygens (including phenoxy) is 1. The summed E-state index contributed by atoms with van der Waals surface area (Å²) in [6.07, 6.45) is 5.25. The number of nitrogens with one attached hydrogen (secondary N) is 2. The lowest BCUT2D eigenvalue weighted by Crippen LogP contribution is -2.36. The highest BCUT2D eigenvalue weighted by molar-refractivity contribution is 5.99. The normalized spacial score (nSPS) is 14.5. The molecule has 4 aromatic rings. The molecule has 0 atom stereocenters. The zero-order chi connectivity index (χ0) is 20.2. The summed E-state index contributed by atoms with van der Waals surface area (Å²) in [6, 6.07) is 16.3. The maximum Gasteiger partial charge on any atom is 0.176 e. The van der Waals surface area contributed by atoms with Crippen LogP contribution in [0, 0.1) is 0 Å². The summed E-state index contributed by atoms with van der Waals surface area (Å²) in [4.78, 5) is 9.70. The Morgan fingerprint density at radius 1 is 1.00 bits per heavy atom. The second kappa shape index (κ2) is 8.30. The summed E-state index contributed by atoms with van der Waals surface area (Å²) in [5, 5.41) is 14.9. The second-order valence-corrected chi connectivity index (χ2v) is 6.94. The van der Waals surface area contributed by atoms with Gasteiger partial charge in [-0.15, -0.1) is 10.2 Å². The van der Waals surface area contributed by atoms with Crippen molar-refractivity contribution in [1.82, 2.24) is 20.2 Å². The van der Waals surface area contributed by atoms with Crippen molar-refractivity contribution in [1.29, 1.82) is 0 Å². The van der Waals surface area contributed by atoms with Crippen molar-refractivity contribution < 1.29 is 4.74 Å². The fraction of sp³-hybridized carbons (Fsp3) is 0.182. The first-order chi connectivity index (χ1) is 14.9. The number of imidazole rings is 1. The zero-order valence-electron chi connectivity index (χ0n) is 16.3. The van der Waals surface area contributed by atoms with E-state index >= 15 is 0 Å². The van der Waals surface area contributed by atoms with Gasteiger partial charge in [0.1, 0.15) is 5.69 Å². The van der Waals surface area contributed by atoms with Gasteiger partial charge in [0.15, 0.2) is 11.6 Å². The first-order valence-corrected chi connectivity index (χ1v) is 9.85. The minimum absolute atomic E-state index is 0.599. The quantitative estimate of drug-likeness (QED) is 0.395. The number of fused-ring (bicyclic) bond motifs is 1. The van der Waals surface area contributed by atoms with Gasteiger partial charge >= 0.3 is 0 Å². The van der Waals surface area contributed by atoms with Gasteiger partial charge in [0.2, 0.25) is 0 Å². The standard InChI is InChI=1S/C22H21N7O/c1-2-4-19-18(3-1)20(22-23-9-10-24-22)26-28-21(19)27-25-15-16-5-7-17(8-6-16)29-11-13-30-14-12-29/h1-10,15H,11-14H2,(H,23,24)(H,27,28)/b25-15+. The number of nitrogens with zero attached hydrogens (tertiary/aromatic N) is 5. The molecule has 2 aromatic heterocycles. The van der Waals surface area contributed by atoms with Crippen LogP contribution in [0.3, 0.4) is 0 Å². The molecule has 0 aliphatic carbocycles. The van der Waals surface area contributed by atoms with Crippen molar-refractivity contribution in [2.75, 3.05) is 36.6 Å². The highest BCUT2D eigenvalue weighted by atomic mass is 16.5. The van der Waals surface area contributed by atoms with E-state index in [-0.39, 0.29) is 0 Å². The summed E-state index contributed by atoms with van der Waals surface area (Å²) in [5.41, 5.74) is 5.94. The number of rotatable bonds is 5. The molecule has 8 nitrogen and oxygen atoms in total. The predicted octanol–water partition coefficient (Wildman–Crippen LogP) is 3.30. The van der Waals surface area contributed by atoms with Crippen molar-refractivity contribution in [3.05, 3.63) is 66.5 Å². The van der Waals surface area contributed by atoms with E-state index in [1.165, 1.54) is 5.69 Å². The van der Waals surface area contributed by atoms with Gasteiger partial charge in [-0.05, 0) is 17.7 Å². The highest BCUT2D eigenvalue weighted by Crippen LogP contribution is 2.27. The topological polar surface area (TPSA) is 91.3 Å². The zero-order valence-corrected chi connectivity index (χ0v) is 16.3. The monoisotopic (exact) mass is 399 g/mol. The first-order valence-electron chi connectivity index (χ1n) is 9.85. The average Bonchev–Trinajstić information content (AvgIpc) is 3.35. The second-order valence-electron chi connectivity index (χ2n) is 6.94. The highest BCUT2D eigenvalue weighted by Gasteiger charge is 2.12. The Labute approximate surface area is 173 Å². The minimum Gasteiger partial charge on any atom is -0.378 e. The number of benzene rings is 2. The third-order valence-corrected chi connectivity index (χ3v) is 5.06. The Bertz CT molecular complexity index is 1150. The van der Waals surface area contributed by atoms with Crippen LogP contribution in [0.4, 0.5) is 11.5 Å². The molecule has 0 bridgehead atoms. The molecular formula is C22H21N7O. The number of aromatic amines is 1. The van der Waals surface area contributed by atoms with Crippen molar-refractivity contribution >= 4 is 28.5 Å². The van der Waals surface area contributed by atoms with Crippen LogP contribution in [0.25, 0.3) is 22.3 Å². The Morgan fingerprint density at radius 2 is 1.80 bits per heavy atom. The summed E-state index contributed by atoms with van der Waals surface area (Å²) >= 11 is 0. The molecular weight excluding hydrogens is 378 g/mol. The average molecular weight is 399 g/mol. The molecule has 0 amide bonds. The number of morpholine rings is 1. The van der Waals surface area contributed by atoms with Gasteiger partial charge in [0, 0.05) is 41.9 Å². The molecule has 0 spiro atoms. The van der Waals surface area contributed by atoms with Crippen LogP contribution in [0.1, 0.15) is 5.56 Å². The van der Waals surface area contributed by atoms with E-state index in [0.29, 0.717) is 17.3 Å². The number of H-pyrrole nitrogens is 1. The van der Waals surface area contributed by atoms with Gasteiger partial charge in [-0.3, -0.25) is 5.43 Å². The van der Waals surface area contributed by atoms with Crippen LogP contribution in [0.5, 0.6) is 0 Å². The third kappa shape index (κ3) is 3.72. The largest absolute Gasteiger partial charge is 0.378 e. The molecule has 30 heavy (non-hydrogen) atoms. The number of anilines is 2. The van der Waals surface area contributed by atoms with Crippen LogP contribution in [-0.2, 0) is 4.74 Å². The summed E-state index contributed by atoms with van der Waals surface area (Å²) in [5.74, 6) is 1.29. The van der Waals surface area contributed by atoms with Gasteiger partial charge in [-0.25, -0.2) is 4.98 Å². The van der Waals surface area contributed by atoms with Crippen LogP contribution in [0.15, 0.2) is 66.0 Å². The van der Waals surface area contributed by atoms with E-state index in [9.17, 15) is 0 Å². The summed E-state index contributed by atoms with van der Waals surface area (Å²) < 4.78 is 5.41. The lowest BCUT2D eigenvalue weighted by Gasteiger charge is -2.28. The van der Waals surface area contributed by atoms with Crippen LogP contribution < -0.4 is 10.3 Å². The van der Waals surface area contributed by atoms with Gasteiger partial charge in [0.25, 0.3) is 0 Å². The molecule has 1 aliphatic heterocycles. The smallest absolute Gasteiger partial charge is 0.176 e. The molecule has 3 heterocycles. The van der Waals surface area contributed by atoms with E-state index in [1.807, 2.05) is 24.3 Å². The Balaban J connectivity index is 1.34. The molecule has 0 radical (unpaired) electrons. The minimum atomic E-state index is 0.599. The Hall–Kier alpha value is -3.78. The van der Waals surface area contributed by atoms with E-state index in [2.05, 4.69) is 59.9 Å². The fourth-order valence-corrected chi connectivity index (χ4v) is 3.52. The lowest BCUT2D eigenvalue weighted by atomic mass is 10.1. The number of hydrogen-bond donors (Lipinski definition) is 2. The Morgan fingerprint density at radius 3 is 2.57 bits per heavy atom. The van der Waals surface area contributed by atoms with Gasteiger partial charge in [-0.1, -0.05) is 36.4 Å². The van der Waals surface area contributed by atoms with Crippen molar-refractivity contribution in [3.63, 3.8) is 0 Å². The van der Waals surface area contributed by atoms with E-state index in [0.717, 1.165) is 42.6 Å². The fourth-order valence-electron chi connectivity index (χ4n) is 3.52. The maximum absolute atomic E-state index is 5.41. The van der Waals surface area contributed by atoms with Crippen molar-refractivity contribution in [2.24, 2.45) is 5.10 Å². The number of hydrogen-bond acceptors (Lipinski definition) is 7.